The van der Waals surface area contributed by atoms with Crippen LogP contribution in [0, 0.1) is 0 Å². The molecule has 4 rings (SSSR count). The molecule has 1 spiro atoms. The number of anilines is 1. The highest BCUT2D eigenvalue weighted by Crippen LogP contribution is 2.34. The first kappa shape index (κ1) is 23.7. The van der Waals surface area contributed by atoms with Crippen LogP contribution in [0.25, 0.3) is 0 Å². The number of amides is 1. The molecule has 0 bridgehead atoms. The molecule has 182 valence electrons. The smallest absolute Gasteiger partial charge is 0.324 e. The Morgan fingerprint density at radius 3 is 2.82 bits per heavy atom. The molecule has 14 heteroatoms. The molecule has 0 saturated carbocycles. The van der Waals surface area contributed by atoms with Crippen molar-refractivity contribution in [3.05, 3.63) is 42.7 Å². The number of benzene rings is 1. The molecule has 1 aromatic heterocycles. The van der Waals surface area contributed by atoms with E-state index < -0.39 is 33.7 Å². The van der Waals surface area contributed by atoms with E-state index in [0.29, 0.717) is 31.9 Å². The van der Waals surface area contributed by atoms with Crippen molar-refractivity contribution in [2.45, 2.75) is 41.5 Å². The fourth-order valence-electron chi connectivity index (χ4n) is 4.12. The minimum atomic E-state index is -4.17. The Morgan fingerprint density at radius 2 is 2.15 bits per heavy atom. The van der Waals surface area contributed by atoms with Gasteiger partial charge in [-0.1, -0.05) is 23.4 Å². The van der Waals surface area contributed by atoms with E-state index >= 15 is 0 Å². The van der Waals surface area contributed by atoms with Gasteiger partial charge in [0.2, 0.25) is 16.4 Å². The van der Waals surface area contributed by atoms with Crippen molar-refractivity contribution >= 4 is 34.1 Å². The first-order valence-electron chi connectivity index (χ1n) is 10.5. The number of aromatic amines is 1. The number of nitrogens with one attached hydrogen (secondary N) is 5. The molecule has 1 saturated heterocycles. The predicted molar refractivity (Wildman–Crippen MR) is 121 cm³/mol. The minimum Gasteiger partial charge on any atom is -0.480 e. The highest BCUT2D eigenvalue weighted by atomic mass is 32.2. The van der Waals surface area contributed by atoms with Crippen LogP contribution in [-0.4, -0.2) is 78.4 Å². The standard InChI is InChI=1S/C20H25N7O6S/c28-12-25-16(17(18(29)30)27-34(31,32)14-4-2-1-3-5-14)15-9-20(33-26-15)8-13(24-11-20)10-23-19-21-6-7-22-19/h1-7,12-13,16-17,24,27H,8-11H2,(H,25,28)(H,29,30)(H2,21,22,23)/t13?,16?,17?,20-/m0/s1. The van der Waals surface area contributed by atoms with Crippen molar-refractivity contribution in [2.75, 3.05) is 18.4 Å². The van der Waals surface area contributed by atoms with E-state index in [9.17, 15) is 23.1 Å². The van der Waals surface area contributed by atoms with Crippen LogP contribution in [0.1, 0.15) is 12.8 Å². The van der Waals surface area contributed by atoms with Gasteiger partial charge < -0.3 is 30.9 Å². The molecule has 0 radical (unpaired) electrons. The van der Waals surface area contributed by atoms with E-state index in [1.165, 1.54) is 24.3 Å². The van der Waals surface area contributed by atoms with Crippen LogP contribution in [0.5, 0.6) is 0 Å². The summed E-state index contributed by atoms with van der Waals surface area (Å²) < 4.78 is 27.7. The second-order valence-corrected chi connectivity index (χ2v) is 9.86. The Kier molecular flexibility index (Phi) is 6.81. The Labute approximate surface area is 195 Å². The molecule has 2 aromatic rings. The molecule has 34 heavy (non-hydrogen) atoms. The van der Waals surface area contributed by atoms with Crippen LogP contribution in [0.2, 0.25) is 0 Å². The summed E-state index contributed by atoms with van der Waals surface area (Å²) in [7, 11) is -4.17. The summed E-state index contributed by atoms with van der Waals surface area (Å²) in [5.74, 6) is -0.829. The second-order valence-electron chi connectivity index (χ2n) is 8.15. The number of carbonyl (C=O) groups excluding carboxylic acids is 1. The molecule has 2 aliphatic heterocycles. The molecule has 2 aliphatic rings. The molecule has 1 aromatic carbocycles. The number of oxime groups is 1. The maximum absolute atomic E-state index is 12.7. The van der Waals surface area contributed by atoms with E-state index in [1.54, 1.807) is 18.5 Å². The summed E-state index contributed by atoms with van der Waals surface area (Å²) >= 11 is 0. The molecule has 13 nitrogen and oxygen atoms in total. The quantitative estimate of drug-likeness (QED) is 0.220. The molecule has 1 fully saturated rings. The van der Waals surface area contributed by atoms with Crippen LogP contribution >= 0.6 is 0 Å². The highest BCUT2D eigenvalue weighted by molar-refractivity contribution is 7.89. The number of aliphatic carboxylic acids is 1. The maximum atomic E-state index is 12.7. The lowest BCUT2D eigenvalue weighted by Gasteiger charge is -2.25. The number of hydrogen-bond acceptors (Lipinski definition) is 9. The summed E-state index contributed by atoms with van der Waals surface area (Å²) in [6.07, 6.45) is 4.44. The van der Waals surface area contributed by atoms with Gasteiger partial charge >= 0.3 is 5.97 Å². The van der Waals surface area contributed by atoms with Gasteiger partial charge in [0.25, 0.3) is 0 Å². The number of H-pyrrole nitrogens is 1. The Morgan fingerprint density at radius 1 is 1.35 bits per heavy atom. The maximum Gasteiger partial charge on any atom is 0.324 e. The minimum absolute atomic E-state index is 0.0315. The van der Waals surface area contributed by atoms with Gasteiger partial charge in [-0.25, -0.2) is 13.4 Å². The van der Waals surface area contributed by atoms with Crippen LogP contribution in [0.4, 0.5) is 5.95 Å². The number of hydrogen-bond donors (Lipinski definition) is 6. The molecular weight excluding hydrogens is 466 g/mol. The number of aromatic nitrogens is 2. The zero-order valence-electron chi connectivity index (χ0n) is 18.0. The van der Waals surface area contributed by atoms with E-state index in [-0.39, 0.29) is 23.1 Å². The lowest BCUT2D eigenvalue weighted by molar-refractivity contribution is -0.139. The molecule has 3 unspecified atom stereocenters. The van der Waals surface area contributed by atoms with Crippen molar-refractivity contribution in [3.8, 4) is 0 Å². The fourth-order valence-corrected chi connectivity index (χ4v) is 5.35. The van der Waals surface area contributed by atoms with Gasteiger partial charge in [-0.3, -0.25) is 9.59 Å². The van der Waals surface area contributed by atoms with E-state index in [4.69, 9.17) is 4.84 Å². The number of nitrogens with zero attached hydrogens (tertiary/aromatic N) is 2. The van der Waals surface area contributed by atoms with E-state index in [0.717, 1.165) is 0 Å². The normalized spacial score (nSPS) is 23.6. The van der Waals surface area contributed by atoms with Gasteiger partial charge in [-0.2, -0.15) is 4.72 Å². The van der Waals surface area contributed by atoms with Gasteiger partial charge in [-0.15, -0.1) is 0 Å². The van der Waals surface area contributed by atoms with Crippen molar-refractivity contribution in [3.63, 3.8) is 0 Å². The predicted octanol–water partition coefficient (Wildman–Crippen LogP) is -0.755. The first-order valence-corrected chi connectivity index (χ1v) is 12.0. The second kappa shape index (κ2) is 9.79. The average Bonchev–Trinajstić information content (AvgIpc) is 3.58. The zero-order chi connectivity index (χ0) is 24.2. The van der Waals surface area contributed by atoms with Gasteiger partial charge in [0.1, 0.15) is 6.04 Å². The monoisotopic (exact) mass is 491 g/mol. The number of imidazole rings is 1. The van der Waals surface area contributed by atoms with Gasteiger partial charge in [-0.05, 0) is 12.1 Å². The summed E-state index contributed by atoms with van der Waals surface area (Å²) in [4.78, 5) is 36.0. The number of sulfonamides is 1. The van der Waals surface area contributed by atoms with E-state index in [2.05, 4.69) is 35.8 Å². The van der Waals surface area contributed by atoms with Crippen LogP contribution in [-0.2, 0) is 24.4 Å². The molecule has 3 heterocycles. The first-order chi connectivity index (χ1) is 16.3. The van der Waals surface area contributed by atoms with Gasteiger partial charge in [0, 0.05) is 44.4 Å². The third-order valence-electron chi connectivity index (χ3n) is 5.75. The largest absolute Gasteiger partial charge is 0.480 e. The summed E-state index contributed by atoms with van der Waals surface area (Å²) in [5.41, 5.74) is -0.494. The van der Waals surface area contributed by atoms with Crippen LogP contribution in [0.3, 0.4) is 0 Å². The van der Waals surface area contributed by atoms with Crippen molar-refractivity contribution < 1.29 is 28.0 Å². The SMILES string of the molecule is O=CNC(C1=NO[C@]2(CNC(CNc3ncc[nH]3)C2)C1)C(NS(=O)(=O)c1ccccc1)C(=O)O. The van der Waals surface area contributed by atoms with Crippen molar-refractivity contribution in [2.24, 2.45) is 5.16 Å². The van der Waals surface area contributed by atoms with Gasteiger partial charge in [0.05, 0.1) is 16.6 Å². The summed E-state index contributed by atoms with van der Waals surface area (Å²) in [6, 6.07) is 4.46. The molecule has 0 aliphatic carbocycles. The zero-order valence-corrected chi connectivity index (χ0v) is 18.8. The van der Waals surface area contributed by atoms with Crippen LogP contribution < -0.4 is 20.7 Å². The number of rotatable bonds is 11. The Hall–Kier alpha value is -3.49. The number of carboxylic acid groups (broad SMARTS) is 1. The molecule has 4 atom stereocenters. The highest BCUT2D eigenvalue weighted by Gasteiger charge is 2.49. The third kappa shape index (κ3) is 5.18. The summed E-state index contributed by atoms with van der Waals surface area (Å²) in [5, 5.41) is 22.7. The molecule has 6 N–H and O–H groups in total. The summed E-state index contributed by atoms with van der Waals surface area (Å²) in [6.45, 7) is 1.02. The van der Waals surface area contributed by atoms with E-state index in [1.807, 2.05) is 0 Å². The lowest BCUT2D eigenvalue weighted by atomic mass is 9.90. The van der Waals surface area contributed by atoms with Crippen molar-refractivity contribution in [1.82, 2.24) is 25.3 Å². The van der Waals surface area contributed by atoms with Crippen LogP contribution in [0.15, 0.2) is 52.8 Å². The Bertz CT molecular complexity index is 1140. The lowest BCUT2D eigenvalue weighted by Crippen LogP contribution is -2.57. The average molecular weight is 492 g/mol. The third-order valence-corrected chi connectivity index (χ3v) is 7.20. The van der Waals surface area contributed by atoms with Gasteiger partial charge in [0.15, 0.2) is 11.5 Å². The van der Waals surface area contributed by atoms with Crippen molar-refractivity contribution in [1.29, 1.82) is 0 Å². The number of carboxylic acids is 1. The number of carbonyl (C=O) groups is 2. The Balaban J connectivity index is 1.45. The fraction of sp³-hybridized carbons (Fsp3) is 0.400. The molecular formula is C20H25N7O6S. The topological polar surface area (TPSA) is 187 Å². The molecule has 1 amide bonds.